The van der Waals surface area contributed by atoms with E-state index in [1.807, 2.05) is 13.8 Å². The summed E-state index contributed by atoms with van der Waals surface area (Å²) in [6.45, 7) is 4.10. The van der Waals surface area contributed by atoms with Gasteiger partial charge in [0.25, 0.3) is 0 Å². The van der Waals surface area contributed by atoms with Gasteiger partial charge in [-0.1, -0.05) is 13.8 Å². The molecule has 3 aliphatic carbocycles. The Labute approximate surface area is 71.4 Å². The second kappa shape index (κ2) is 1.84. The van der Waals surface area contributed by atoms with Crippen LogP contribution in [0.1, 0.15) is 26.7 Å². The van der Waals surface area contributed by atoms with Crippen LogP contribution in [0.25, 0.3) is 0 Å². The Morgan fingerprint density at radius 3 is 2.25 bits per heavy atom. The maximum atomic E-state index is 10.8. The van der Waals surface area contributed by atoms with Crippen LogP contribution in [0.15, 0.2) is 0 Å². The molecule has 0 aromatic heterocycles. The third-order valence-electron chi connectivity index (χ3n) is 3.97. The van der Waals surface area contributed by atoms with Crippen molar-refractivity contribution < 1.29 is 15.0 Å². The highest BCUT2D eigenvalue weighted by atomic mass is 16.4. The van der Waals surface area contributed by atoms with E-state index in [1.165, 1.54) is 0 Å². The lowest BCUT2D eigenvalue weighted by Gasteiger charge is -2.45. The van der Waals surface area contributed by atoms with Crippen LogP contribution in [0.2, 0.25) is 0 Å². The van der Waals surface area contributed by atoms with E-state index in [0.29, 0.717) is 12.3 Å². The van der Waals surface area contributed by atoms with Crippen molar-refractivity contribution in [1.29, 1.82) is 0 Å². The average Bonchev–Trinajstić information content (AvgIpc) is 2.39. The smallest absolute Gasteiger partial charge is 0.335 e. The molecule has 3 rings (SSSR count). The molecule has 68 valence electrons. The lowest BCUT2D eigenvalue weighted by molar-refractivity contribution is -0.165. The summed E-state index contributed by atoms with van der Waals surface area (Å²) in [6, 6.07) is 0. The van der Waals surface area contributed by atoms with Crippen LogP contribution < -0.4 is 0 Å². The first-order valence-corrected chi connectivity index (χ1v) is 4.35. The summed E-state index contributed by atoms with van der Waals surface area (Å²) >= 11 is 0. The van der Waals surface area contributed by atoms with E-state index >= 15 is 0 Å². The minimum atomic E-state index is -1.42. The molecule has 2 N–H and O–H groups in total. The number of aliphatic hydroxyl groups is 1. The predicted molar refractivity (Wildman–Crippen MR) is 42.6 cm³/mol. The zero-order chi connectivity index (χ0) is 9.15. The van der Waals surface area contributed by atoms with Gasteiger partial charge in [-0.15, -0.1) is 0 Å². The number of hydrogen-bond acceptors (Lipinski definition) is 2. The first-order valence-electron chi connectivity index (χ1n) is 4.35. The van der Waals surface area contributed by atoms with Crippen molar-refractivity contribution in [2.24, 2.45) is 17.3 Å². The van der Waals surface area contributed by atoms with Gasteiger partial charge in [0.2, 0.25) is 0 Å². The molecule has 0 aromatic carbocycles. The Morgan fingerprint density at radius 2 is 2.08 bits per heavy atom. The van der Waals surface area contributed by atoms with Crippen molar-refractivity contribution in [2.75, 3.05) is 0 Å². The molecule has 3 nitrogen and oxygen atoms in total. The predicted octanol–water partition coefficient (Wildman–Crippen LogP) is 0.868. The van der Waals surface area contributed by atoms with E-state index in [4.69, 9.17) is 5.11 Å². The van der Waals surface area contributed by atoms with Crippen LogP contribution in [0.5, 0.6) is 0 Å². The molecule has 12 heavy (non-hydrogen) atoms. The molecular weight excluding hydrogens is 156 g/mol. The molecule has 0 aromatic rings. The largest absolute Gasteiger partial charge is 0.479 e. The zero-order valence-electron chi connectivity index (χ0n) is 7.37. The third-order valence-corrected chi connectivity index (χ3v) is 3.97. The molecule has 0 spiro atoms. The third kappa shape index (κ3) is 0.637. The summed E-state index contributed by atoms with van der Waals surface area (Å²) in [5.41, 5.74) is -1.39. The lowest BCUT2D eigenvalue weighted by Crippen LogP contribution is -2.48. The molecule has 0 heterocycles. The topological polar surface area (TPSA) is 57.5 Å². The van der Waals surface area contributed by atoms with Crippen molar-refractivity contribution in [3.8, 4) is 0 Å². The molecule has 0 saturated heterocycles. The highest BCUT2D eigenvalue weighted by molar-refractivity contribution is 5.79. The second-order valence-corrected chi connectivity index (χ2v) is 4.74. The van der Waals surface area contributed by atoms with Gasteiger partial charge in [0.15, 0.2) is 5.60 Å². The quantitative estimate of drug-likeness (QED) is 0.614. The van der Waals surface area contributed by atoms with E-state index < -0.39 is 11.6 Å². The SMILES string of the molecule is CC1(C)C2CC1C(O)(C(=O)O)C2. The number of carboxylic acids is 1. The van der Waals surface area contributed by atoms with Crippen LogP contribution in [0.3, 0.4) is 0 Å². The van der Waals surface area contributed by atoms with Gasteiger partial charge in [0.05, 0.1) is 0 Å². The van der Waals surface area contributed by atoms with Crippen LogP contribution in [-0.4, -0.2) is 21.8 Å². The Morgan fingerprint density at radius 1 is 1.50 bits per heavy atom. The standard InChI is InChI=1S/C9H14O3/c1-8(2)5-3-6(8)9(12,4-5)7(10)11/h5-6,12H,3-4H2,1-2H3,(H,10,11). The Bertz CT molecular complexity index is 246. The van der Waals surface area contributed by atoms with Gasteiger partial charge < -0.3 is 10.2 Å². The molecule has 3 heteroatoms. The van der Waals surface area contributed by atoms with Crippen molar-refractivity contribution in [3.05, 3.63) is 0 Å². The first kappa shape index (κ1) is 8.05. The Hall–Kier alpha value is -0.570. The molecule has 0 amide bonds. The molecule has 3 aliphatic rings. The van der Waals surface area contributed by atoms with E-state index in [2.05, 4.69) is 0 Å². The number of hydrogen-bond donors (Lipinski definition) is 2. The summed E-state index contributed by atoms with van der Waals surface area (Å²) in [4.78, 5) is 10.8. The minimum absolute atomic E-state index is 0.0347. The van der Waals surface area contributed by atoms with Gasteiger partial charge in [-0.2, -0.15) is 0 Å². The van der Waals surface area contributed by atoms with Crippen LogP contribution in [-0.2, 0) is 4.79 Å². The lowest BCUT2D eigenvalue weighted by atomic mass is 9.59. The fourth-order valence-corrected chi connectivity index (χ4v) is 2.93. The van der Waals surface area contributed by atoms with Crippen LogP contribution in [0.4, 0.5) is 0 Å². The molecule has 3 unspecified atom stereocenters. The molecular formula is C9H14O3. The molecule has 0 radical (unpaired) electrons. The minimum Gasteiger partial charge on any atom is -0.479 e. The maximum absolute atomic E-state index is 10.8. The Kier molecular flexibility index (Phi) is 1.24. The molecule has 3 fully saturated rings. The number of aliphatic carboxylic acids is 1. The summed E-state index contributed by atoms with van der Waals surface area (Å²) in [5.74, 6) is -0.670. The Balaban J connectivity index is 2.31. The van der Waals surface area contributed by atoms with Gasteiger partial charge in [0, 0.05) is 5.92 Å². The molecule has 0 aliphatic heterocycles. The second-order valence-electron chi connectivity index (χ2n) is 4.74. The van der Waals surface area contributed by atoms with E-state index in [-0.39, 0.29) is 11.3 Å². The first-order chi connectivity index (χ1) is 5.39. The van der Waals surface area contributed by atoms with E-state index in [1.54, 1.807) is 0 Å². The fourth-order valence-electron chi connectivity index (χ4n) is 2.93. The van der Waals surface area contributed by atoms with Crippen LogP contribution >= 0.6 is 0 Å². The zero-order valence-corrected chi connectivity index (χ0v) is 7.37. The average molecular weight is 170 g/mol. The monoisotopic (exact) mass is 170 g/mol. The normalized spacial score (nSPS) is 48.6. The van der Waals surface area contributed by atoms with Crippen LogP contribution in [0, 0.1) is 17.3 Å². The summed E-state index contributed by atoms with van der Waals surface area (Å²) in [5, 5.41) is 18.7. The number of fused-ring (bicyclic) bond motifs is 1. The molecule has 3 saturated carbocycles. The summed E-state index contributed by atoms with van der Waals surface area (Å²) < 4.78 is 0. The highest BCUT2D eigenvalue weighted by Gasteiger charge is 2.68. The fraction of sp³-hybridized carbons (Fsp3) is 0.889. The van der Waals surface area contributed by atoms with Gasteiger partial charge in [0.1, 0.15) is 0 Å². The number of rotatable bonds is 1. The van der Waals surface area contributed by atoms with Gasteiger partial charge in [-0.05, 0) is 24.2 Å². The number of carboxylic acid groups (broad SMARTS) is 1. The highest BCUT2D eigenvalue weighted by Crippen LogP contribution is 2.66. The maximum Gasteiger partial charge on any atom is 0.335 e. The van der Waals surface area contributed by atoms with Gasteiger partial charge in [-0.25, -0.2) is 4.79 Å². The summed E-state index contributed by atoms with van der Waals surface area (Å²) in [7, 11) is 0. The van der Waals surface area contributed by atoms with Gasteiger partial charge >= 0.3 is 5.97 Å². The van der Waals surface area contributed by atoms with Gasteiger partial charge in [-0.3, -0.25) is 0 Å². The molecule has 3 atom stereocenters. The van der Waals surface area contributed by atoms with Crippen molar-refractivity contribution in [2.45, 2.75) is 32.3 Å². The number of carbonyl (C=O) groups is 1. The van der Waals surface area contributed by atoms with Crippen molar-refractivity contribution in [1.82, 2.24) is 0 Å². The summed E-state index contributed by atoms with van der Waals surface area (Å²) in [6.07, 6.45) is 1.33. The van der Waals surface area contributed by atoms with E-state index in [0.717, 1.165) is 6.42 Å². The van der Waals surface area contributed by atoms with Crippen molar-refractivity contribution >= 4 is 5.97 Å². The van der Waals surface area contributed by atoms with E-state index in [9.17, 15) is 9.90 Å². The van der Waals surface area contributed by atoms with Crippen molar-refractivity contribution in [3.63, 3.8) is 0 Å². The molecule has 2 bridgehead atoms.